The number of hydrogen-bond acceptors (Lipinski definition) is 8. The highest BCUT2D eigenvalue weighted by Crippen LogP contribution is 2.75. The second kappa shape index (κ2) is 13.8. The molecule has 2 bridgehead atoms. The van der Waals surface area contributed by atoms with Crippen LogP contribution in [0.1, 0.15) is 107 Å². The number of esters is 1. The third kappa shape index (κ3) is 6.08. The SMILES string of the molecule is CC(=O)O[C@@H]1C[C@]23COC[C@@](C)([C@@H]2CC[C@H]2C3=CC[C@@]3(C)[C@H](C(=O)O)[C@@](C)([C@H](C)C(C)C)CC[C@]23C)[C@H]1OCCNC(=O)C(N)CCCN. The number of fused-ring (bicyclic) bond motifs is 3. The molecule has 278 valence electrons. The van der Waals surface area contributed by atoms with Gasteiger partial charge in [-0.05, 0) is 97.8 Å². The molecule has 0 aromatic rings. The normalized spacial score (nSPS) is 42.5. The number of carboxylic acid groups (broad SMARTS) is 1. The lowest BCUT2D eigenvalue weighted by atomic mass is 9.34. The van der Waals surface area contributed by atoms with E-state index in [-0.39, 0.29) is 52.5 Å². The second-order valence-electron chi connectivity index (χ2n) is 17.8. The standard InChI is InChI=1S/C39H65N3O7/c1-23(2)24(3)35(5)15-16-37(7)26-11-12-30-36(6)21-47-22-39(30,27(26)13-14-38(37,8)31(35)34(45)46)20-29(49-25(4)43)32(36)48-19-18-42-33(44)28(41)10-9-17-40/h13,23-24,26,28-32H,9-12,14-22,40-41H2,1-8H3,(H,42,44)(H,45,46)/t24-,26+,28?,29-,30+,31-,32+,35-,36+,37-,38+,39-/m1/s1. The quantitative estimate of drug-likeness (QED) is 0.125. The van der Waals surface area contributed by atoms with Gasteiger partial charge in [0.2, 0.25) is 5.91 Å². The fourth-order valence-electron chi connectivity index (χ4n) is 12.2. The van der Waals surface area contributed by atoms with Crippen molar-refractivity contribution in [2.75, 3.05) is 32.9 Å². The van der Waals surface area contributed by atoms with Crippen molar-refractivity contribution >= 4 is 17.8 Å². The summed E-state index contributed by atoms with van der Waals surface area (Å²) in [6.45, 7) is 19.4. The van der Waals surface area contributed by atoms with Crippen LogP contribution < -0.4 is 16.8 Å². The number of ether oxygens (including phenoxy) is 3. The van der Waals surface area contributed by atoms with Gasteiger partial charge >= 0.3 is 11.9 Å². The van der Waals surface area contributed by atoms with E-state index in [0.717, 1.165) is 25.7 Å². The topological polar surface area (TPSA) is 163 Å². The van der Waals surface area contributed by atoms with Crippen LogP contribution in [0.15, 0.2) is 11.6 Å². The van der Waals surface area contributed by atoms with Crippen molar-refractivity contribution in [2.45, 2.75) is 125 Å². The van der Waals surface area contributed by atoms with Crippen LogP contribution >= 0.6 is 0 Å². The molecule has 0 aromatic carbocycles. The Morgan fingerprint density at radius 3 is 2.43 bits per heavy atom. The van der Waals surface area contributed by atoms with Crippen molar-refractivity contribution in [3.05, 3.63) is 11.6 Å². The van der Waals surface area contributed by atoms with Gasteiger partial charge in [0.25, 0.3) is 0 Å². The summed E-state index contributed by atoms with van der Waals surface area (Å²) in [6.07, 6.45) is 7.92. The molecule has 10 heteroatoms. The Labute approximate surface area is 294 Å². The maximum Gasteiger partial charge on any atom is 0.307 e. The van der Waals surface area contributed by atoms with Crippen molar-refractivity contribution in [2.24, 2.45) is 68.1 Å². The molecule has 1 saturated heterocycles. The number of carboxylic acids is 1. The minimum Gasteiger partial charge on any atom is -0.481 e. The molecule has 4 fully saturated rings. The summed E-state index contributed by atoms with van der Waals surface area (Å²) in [5, 5.41) is 13.9. The lowest BCUT2D eigenvalue weighted by Crippen LogP contribution is -2.70. The van der Waals surface area contributed by atoms with E-state index in [1.54, 1.807) is 0 Å². The van der Waals surface area contributed by atoms with Gasteiger partial charge in [-0.25, -0.2) is 0 Å². The number of rotatable bonds is 12. The number of hydrogen-bond donors (Lipinski definition) is 4. The fraction of sp³-hybridized carbons (Fsp3) is 0.872. The first-order chi connectivity index (χ1) is 22.9. The molecule has 0 radical (unpaired) electrons. The Kier molecular flexibility index (Phi) is 10.8. The number of carbonyl (C=O) groups is 3. The molecule has 1 aliphatic heterocycles. The van der Waals surface area contributed by atoms with E-state index < -0.39 is 41.0 Å². The van der Waals surface area contributed by atoms with Gasteiger partial charge in [0.05, 0.1) is 31.8 Å². The van der Waals surface area contributed by atoms with Crippen LogP contribution in [0.4, 0.5) is 0 Å². The van der Waals surface area contributed by atoms with Crippen molar-refractivity contribution in [3.63, 3.8) is 0 Å². The summed E-state index contributed by atoms with van der Waals surface area (Å²) in [7, 11) is 0. The van der Waals surface area contributed by atoms with Gasteiger partial charge in [0, 0.05) is 24.3 Å². The van der Waals surface area contributed by atoms with Crippen LogP contribution in [0.5, 0.6) is 0 Å². The van der Waals surface area contributed by atoms with Crippen LogP contribution in [0.3, 0.4) is 0 Å². The van der Waals surface area contributed by atoms with Gasteiger partial charge in [0.1, 0.15) is 12.2 Å². The molecule has 1 heterocycles. The lowest BCUT2D eigenvalue weighted by Gasteiger charge is -2.71. The van der Waals surface area contributed by atoms with E-state index in [1.807, 2.05) is 0 Å². The predicted molar refractivity (Wildman–Crippen MR) is 188 cm³/mol. The highest BCUT2D eigenvalue weighted by atomic mass is 16.6. The van der Waals surface area contributed by atoms with Crippen LogP contribution in [0.25, 0.3) is 0 Å². The highest BCUT2D eigenvalue weighted by Gasteiger charge is 2.72. The van der Waals surface area contributed by atoms with E-state index in [1.165, 1.54) is 12.5 Å². The molecule has 1 amide bonds. The molecule has 3 saturated carbocycles. The Morgan fingerprint density at radius 2 is 1.80 bits per heavy atom. The van der Waals surface area contributed by atoms with Crippen molar-refractivity contribution < 1.29 is 33.7 Å². The molecular weight excluding hydrogens is 622 g/mol. The molecule has 0 aromatic heterocycles. The fourth-order valence-corrected chi connectivity index (χ4v) is 12.2. The molecule has 12 atom stereocenters. The highest BCUT2D eigenvalue weighted by molar-refractivity contribution is 5.81. The average molecular weight is 688 g/mol. The molecule has 5 rings (SSSR count). The predicted octanol–water partition coefficient (Wildman–Crippen LogP) is 5.07. The monoisotopic (exact) mass is 687 g/mol. The molecule has 1 unspecified atom stereocenters. The van der Waals surface area contributed by atoms with Crippen LogP contribution in [-0.4, -0.2) is 74.1 Å². The zero-order chi connectivity index (χ0) is 36.2. The van der Waals surface area contributed by atoms with Gasteiger partial charge in [-0.15, -0.1) is 0 Å². The largest absolute Gasteiger partial charge is 0.481 e. The Balaban J connectivity index is 1.45. The number of nitrogens with two attached hydrogens (primary N) is 2. The minimum atomic E-state index is -0.665. The van der Waals surface area contributed by atoms with Gasteiger partial charge < -0.3 is 36.1 Å². The first-order valence-corrected chi connectivity index (χ1v) is 19.0. The molecule has 5 aliphatic rings. The number of aliphatic carboxylic acids is 1. The Morgan fingerprint density at radius 1 is 1.08 bits per heavy atom. The Bertz CT molecular complexity index is 1300. The summed E-state index contributed by atoms with van der Waals surface area (Å²) in [6, 6.07) is -0.609. The van der Waals surface area contributed by atoms with Crippen LogP contribution in [-0.2, 0) is 28.6 Å². The van der Waals surface area contributed by atoms with Crippen LogP contribution in [0, 0.1) is 56.7 Å². The van der Waals surface area contributed by atoms with Crippen LogP contribution in [0.2, 0.25) is 0 Å². The molecule has 6 N–H and O–H groups in total. The number of allylic oxidation sites excluding steroid dienone is 1. The maximum atomic E-state index is 13.4. The number of nitrogens with one attached hydrogen (secondary N) is 1. The molecule has 49 heavy (non-hydrogen) atoms. The molecule has 10 nitrogen and oxygen atoms in total. The third-order valence-corrected chi connectivity index (χ3v) is 15.1. The first kappa shape index (κ1) is 38.2. The number of carbonyl (C=O) groups excluding carboxylic acids is 2. The van der Waals surface area contributed by atoms with Gasteiger partial charge in [-0.1, -0.05) is 60.1 Å². The summed E-state index contributed by atoms with van der Waals surface area (Å²) >= 11 is 0. The Hall–Kier alpha value is -2.01. The van der Waals surface area contributed by atoms with E-state index in [9.17, 15) is 19.5 Å². The molecule has 4 aliphatic carbocycles. The van der Waals surface area contributed by atoms with Gasteiger partial charge in [-0.3, -0.25) is 14.4 Å². The molecule has 0 spiro atoms. The smallest absolute Gasteiger partial charge is 0.307 e. The van der Waals surface area contributed by atoms with E-state index in [0.29, 0.717) is 57.9 Å². The van der Waals surface area contributed by atoms with Gasteiger partial charge in [-0.2, -0.15) is 0 Å². The molecular formula is C39H65N3O7. The average Bonchev–Trinajstić information content (AvgIpc) is 3.02. The second-order valence-corrected chi connectivity index (χ2v) is 17.8. The lowest BCUT2D eigenvalue weighted by molar-refractivity contribution is -0.266. The van der Waals surface area contributed by atoms with Crippen molar-refractivity contribution in [1.82, 2.24) is 5.32 Å². The van der Waals surface area contributed by atoms with Gasteiger partial charge in [0.15, 0.2) is 0 Å². The summed E-state index contributed by atoms with van der Waals surface area (Å²) < 4.78 is 19.2. The summed E-state index contributed by atoms with van der Waals surface area (Å²) in [4.78, 5) is 38.5. The summed E-state index contributed by atoms with van der Waals surface area (Å²) in [5.41, 5.74) is 11.3. The van der Waals surface area contributed by atoms with E-state index >= 15 is 0 Å². The zero-order valence-electron chi connectivity index (χ0n) is 31.4. The van der Waals surface area contributed by atoms with Crippen molar-refractivity contribution in [3.8, 4) is 0 Å². The third-order valence-electron chi connectivity index (χ3n) is 15.1. The van der Waals surface area contributed by atoms with Crippen molar-refractivity contribution in [1.29, 1.82) is 0 Å². The maximum absolute atomic E-state index is 13.4. The first-order valence-electron chi connectivity index (χ1n) is 19.0. The minimum absolute atomic E-state index is 0.197. The summed E-state index contributed by atoms with van der Waals surface area (Å²) in [5.74, 6) is -0.524. The number of amides is 1. The van der Waals surface area contributed by atoms with E-state index in [2.05, 4.69) is 59.9 Å². The van der Waals surface area contributed by atoms with E-state index in [4.69, 9.17) is 25.7 Å². The zero-order valence-corrected chi connectivity index (χ0v) is 31.4.